The number of oxime groups is 1. The van der Waals surface area contributed by atoms with E-state index in [1.165, 1.54) is 16.7 Å². The number of ether oxygens (including phenoxy) is 2. The summed E-state index contributed by atoms with van der Waals surface area (Å²) < 4.78 is 12.0. The molecule has 2 aliphatic rings. The van der Waals surface area contributed by atoms with Crippen molar-refractivity contribution in [3.05, 3.63) is 70.3 Å². The molecule has 0 radical (unpaired) electrons. The van der Waals surface area contributed by atoms with Crippen LogP contribution in [0.4, 0.5) is 0 Å². The van der Waals surface area contributed by atoms with Crippen molar-refractivity contribution in [2.75, 3.05) is 6.61 Å². The molecule has 1 unspecified atom stereocenters. The molecule has 2 aliphatic heterocycles. The minimum Gasteiger partial charge on any atom is -0.331 e. The third-order valence-electron chi connectivity index (χ3n) is 4.59. The van der Waals surface area contributed by atoms with Crippen molar-refractivity contribution < 1.29 is 14.3 Å². The Balaban J connectivity index is 1.55. The van der Waals surface area contributed by atoms with Crippen LogP contribution in [-0.4, -0.2) is 18.3 Å². The number of hydrogen-bond acceptors (Lipinski definition) is 4. The number of aryl methyl sites for hydroxylation is 3. The van der Waals surface area contributed by atoms with Crippen LogP contribution in [0, 0.1) is 20.8 Å². The maximum atomic E-state index is 6.09. The fourth-order valence-corrected chi connectivity index (χ4v) is 3.62. The highest BCUT2D eigenvalue weighted by Gasteiger charge is 2.50. The molecule has 0 N–H and O–H groups in total. The average Bonchev–Trinajstić information content (AvgIpc) is 3.15. The molecular weight excluding hydrogens is 302 g/mol. The van der Waals surface area contributed by atoms with Crippen molar-refractivity contribution in [2.45, 2.75) is 39.3 Å². The molecule has 0 saturated carbocycles. The van der Waals surface area contributed by atoms with E-state index in [0.717, 1.165) is 16.8 Å². The van der Waals surface area contributed by atoms with Crippen LogP contribution < -0.4 is 0 Å². The van der Waals surface area contributed by atoms with Crippen LogP contribution in [0.2, 0.25) is 0 Å². The highest BCUT2D eigenvalue weighted by atomic mass is 16.9. The molecule has 0 aliphatic carbocycles. The summed E-state index contributed by atoms with van der Waals surface area (Å²) in [5, 5.41) is 4.29. The number of rotatable bonds is 2. The molecule has 4 nitrogen and oxygen atoms in total. The fourth-order valence-electron chi connectivity index (χ4n) is 3.62. The zero-order valence-electron chi connectivity index (χ0n) is 14.2. The summed E-state index contributed by atoms with van der Waals surface area (Å²) in [6.45, 7) is 6.78. The molecule has 24 heavy (non-hydrogen) atoms. The molecule has 1 fully saturated rings. The smallest absolute Gasteiger partial charge is 0.331 e. The van der Waals surface area contributed by atoms with Gasteiger partial charge in [0.25, 0.3) is 0 Å². The first-order valence-electron chi connectivity index (χ1n) is 8.26. The molecule has 1 saturated heterocycles. The van der Waals surface area contributed by atoms with Gasteiger partial charge in [-0.05, 0) is 37.5 Å². The summed E-state index contributed by atoms with van der Waals surface area (Å²) in [5.74, 6) is -1.08. The SMILES string of the molecule is Cc1cc(C)c(C2=NOC3(C2)OC[C@H](c2ccccc2)O3)c(C)c1. The monoisotopic (exact) mass is 323 g/mol. The largest absolute Gasteiger partial charge is 0.356 e. The molecule has 0 aromatic heterocycles. The quantitative estimate of drug-likeness (QED) is 0.832. The predicted octanol–water partition coefficient (Wildman–Crippen LogP) is 4.18. The lowest BCUT2D eigenvalue weighted by Crippen LogP contribution is -2.30. The zero-order chi connectivity index (χ0) is 16.7. The Morgan fingerprint density at radius 2 is 1.75 bits per heavy atom. The van der Waals surface area contributed by atoms with E-state index < -0.39 is 5.97 Å². The first-order valence-corrected chi connectivity index (χ1v) is 8.26. The van der Waals surface area contributed by atoms with Crippen LogP contribution >= 0.6 is 0 Å². The Morgan fingerprint density at radius 3 is 2.46 bits per heavy atom. The lowest BCUT2D eigenvalue weighted by atomic mass is 9.94. The van der Waals surface area contributed by atoms with Gasteiger partial charge in [-0.1, -0.05) is 53.2 Å². The van der Waals surface area contributed by atoms with Crippen LogP contribution in [0.15, 0.2) is 47.6 Å². The van der Waals surface area contributed by atoms with E-state index >= 15 is 0 Å². The second-order valence-corrected chi connectivity index (χ2v) is 6.59. The van der Waals surface area contributed by atoms with E-state index in [1.807, 2.05) is 30.3 Å². The van der Waals surface area contributed by atoms with Gasteiger partial charge < -0.3 is 14.3 Å². The summed E-state index contributed by atoms with van der Waals surface area (Å²) in [4.78, 5) is 5.60. The van der Waals surface area contributed by atoms with Gasteiger partial charge in [0.15, 0.2) is 0 Å². The maximum Gasteiger partial charge on any atom is 0.356 e. The van der Waals surface area contributed by atoms with E-state index in [9.17, 15) is 0 Å². The Labute approximate surface area is 142 Å². The van der Waals surface area contributed by atoms with Crippen molar-refractivity contribution in [1.82, 2.24) is 0 Å². The summed E-state index contributed by atoms with van der Waals surface area (Å²) >= 11 is 0. The van der Waals surface area contributed by atoms with Crippen molar-refractivity contribution >= 4 is 5.71 Å². The molecule has 0 amide bonds. The Kier molecular flexibility index (Phi) is 3.66. The highest BCUT2D eigenvalue weighted by molar-refractivity contribution is 6.03. The normalized spacial score (nSPS) is 25.8. The number of benzene rings is 2. The third-order valence-corrected chi connectivity index (χ3v) is 4.59. The molecule has 124 valence electrons. The van der Waals surface area contributed by atoms with Crippen LogP contribution in [0.25, 0.3) is 0 Å². The van der Waals surface area contributed by atoms with E-state index in [0.29, 0.717) is 13.0 Å². The zero-order valence-corrected chi connectivity index (χ0v) is 14.2. The number of nitrogens with zero attached hydrogens (tertiary/aromatic N) is 1. The van der Waals surface area contributed by atoms with Crippen molar-refractivity contribution in [1.29, 1.82) is 0 Å². The number of hydrogen-bond donors (Lipinski definition) is 0. The summed E-state index contributed by atoms with van der Waals surface area (Å²) in [7, 11) is 0. The van der Waals surface area contributed by atoms with Crippen molar-refractivity contribution in [2.24, 2.45) is 5.16 Å². The Morgan fingerprint density at radius 1 is 1.04 bits per heavy atom. The maximum absolute atomic E-state index is 6.09. The van der Waals surface area contributed by atoms with Crippen LogP contribution in [0.1, 0.15) is 40.3 Å². The standard InChI is InChI=1S/C20H21NO3/c1-13-9-14(2)19(15(3)10-13)17-11-20(24-21-17)22-12-18(23-20)16-7-5-4-6-8-16/h4-10,18H,11-12H2,1-3H3/t18-,20?/m1/s1. The molecule has 2 aromatic carbocycles. The van der Waals surface area contributed by atoms with Gasteiger partial charge >= 0.3 is 5.97 Å². The third kappa shape index (κ3) is 2.62. The first kappa shape index (κ1) is 15.4. The average molecular weight is 323 g/mol. The van der Waals surface area contributed by atoms with E-state index in [4.69, 9.17) is 14.3 Å². The second kappa shape index (κ2) is 5.72. The predicted molar refractivity (Wildman–Crippen MR) is 91.8 cm³/mol. The van der Waals surface area contributed by atoms with Gasteiger partial charge in [0.2, 0.25) is 0 Å². The summed E-state index contributed by atoms with van der Waals surface area (Å²) in [6.07, 6.45) is 0.377. The van der Waals surface area contributed by atoms with Gasteiger partial charge in [-0.2, -0.15) is 0 Å². The van der Waals surface area contributed by atoms with Gasteiger partial charge in [0.05, 0.1) is 18.7 Å². The first-order chi connectivity index (χ1) is 11.6. The second-order valence-electron chi connectivity index (χ2n) is 6.59. The van der Waals surface area contributed by atoms with E-state index in [-0.39, 0.29) is 6.10 Å². The van der Waals surface area contributed by atoms with Gasteiger partial charge in [0.1, 0.15) is 6.10 Å². The summed E-state index contributed by atoms with van der Waals surface area (Å²) in [5.41, 5.74) is 6.76. The van der Waals surface area contributed by atoms with Gasteiger partial charge in [-0.25, -0.2) is 0 Å². The molecule has 1 spiro atoms. The summed E-state index contributed by atoms with van der Waals surface area (Å²) in [6, 6.07) is 14.4. The molecule has 0 bridgehead atoms. The molecule has 2 aromatic rings. The van der Waals surface area contributed by atoms with Gasteiger partial charge in [0, 0.05) is 5.56 Å². The molecule has 4 heteroatoms. The van der Waals surface area contributed by atoms with Gasteiger partial charge in [-0.15, -0.1) is 0 Å². The fraction of sp³-hybridized carbons (Fsp3) is 0.350. The molecule has 2 heterocycles. The van der Waals surface area contributed by atoms with Crippen LogP contribution in [-0.2, 0) is 14.3 Å². The highest BCUT2D eigenvalue weighted by Crippen LogP contribution is 2.41. The minimum absolute atomic E-state index is 0.124. The Hall–Kier alpha value is -2.17. The van der Waals surface area contributed by atoms with E-state index in [2.05, 4.69) is 38.1 Å². The van der Waals surface area contributed by atoms with E-state index in [1.54, 1.807) is 0 Å². The molecular formula is C20H21NO3. The van der Waals surface area contributed by atoms with Crippen molar-refractivity contribution in [3.8, 4) is 0 Å². The molecule has 4 rings (SSSR count). The lowest BCUT2D eigenvalue weighted by Gasteiger charge is -2.19. The van der Waals surface area contributed by atoms with Crippen LogP contribution in [0.5, 0.6) is 0 Å². The Bertz CT molecular complexity index is 777. The molecule has 2 atom stereocenters. The lowest BCUT2D eigenvalue weighted by molar-refractivity contribution is -0.323. The van der Waals surface area contributed by atoms with Crippen LogP contribution in [0.3, 0.4) is 0 Å². The minimum atomic E-state index is -1.08. The van der Waals surface area contributed by atoms with Gasteiger partial charge in [-0.3, -0.25) is 0 Å². The van der Waals surface area contributed by atoms with Crippen molar-refractivity contribution in [3.63, 3.8) is 0 Å². The topological polar surface area (TPSA) is 40.0 Å².